The van der Waals surface area contributed by atoms with E-state index in [2.05, 4.69) is 0 Å². The zero-order valence-corrected chi connectivity index (χ0v) is 13.7. The minimum absolute atomic E-state index is 0.0745. The molecule has 1 atom stereocenters. The molecule has 0 aliphatic carbocycles. The normalized spacial score (nSPS) is 18.3. The van der Waals surface area contributed by atoms with Crippen molar-refractivity contribution in [3.8, 4) is 0 Å². The third-order valence-electron chi connectivity index (χ3n) is 3.85. The Kier molecular flexibility index (Phi) is 5.44. The maximum atomic E-state index is 12.7. The number of benzene rings is 1. The molecule has 0 saturated carbocycles. The molecule has 2 rings (SSSR count). The van der Waals surface area contributed by atoms with E-state index < -0.39 is 22.0 Å². The Morgan fingerprint density at radius 1 is 1.36 bits per heavy atom. The lowest BCUT2D eigenvalue weighted by molar-refractivity contribution is -0.144. The molecule has 0 amide bonds. The van der Waals surface area contributed by atoms with E-state index in [1.807, 2.05) is 0 Å². The summed E-state index contributed by atoms with van der Waals surface area (Å²) in [5, 5.41) is 9.57. The minimum Gasteiger partial charge on any atom is -0.480 e. The smallest absolute Gasteiger partial charge is 0.322 e. The van der Waals surface area contributed by atoms with Gasteiger partial charge in [0.25, 0.3) is 0 Å². The predicted molar refractivity (Wildman–Crippen MR) is 81.4 cm³/mol. The molecular weight excluding hydrogens is 330 g/mol. The van der Waals surface area contributed by atoms with Crippen LogP contribution in [0.1, 0.15) is 12.8 Å². The summed E-state index contributed by atoms with van der Waals surface area (Å²) in [4.78, 5) is 11.5. The molecule has 0 bridgehead atoms. The van der Waals surface area contributed by atoms with E-state index in [9.17, 15) is 18.3 Å². The maximum Gasteiger partial charge on any atom is 0.322 e. The van der Waals surface area contributed by atoms with Crippen molar-refractivity contribution in [3.05, 3.63) is 29.3 Å². The molecule has 1 aromatic rings. The third kappa shape index (κ3) is 3.43. The molecule has 22 heavy (non-hydrogen) atoms. The van der Waals surface area contributed by atoms with Crippen LogP contribution in [0.15, 0.2) is 29.2 Å². The highest BCUT2D eigenvalue weighted by Crippen LogP contribution is 2.29. The summed E-state index contributed by atoms with van der Waals surface area (Å²) >= 11 is 5.95. The predicted octanol–water partition coefficient (Wildman–Crippen LogP) is 1.84. The molecule has 1 N–H and O–H groups in total. The Morgan fingerprint density at radius 3 is 2.50 bits per heavy atom. The van der Waals surface area contributed by atoms with Crippen molar-refractivity contribution < 1.29 is 23.1 Å². The van der Waals surface area contributed by atoms with Crippen LogP contribution in [-0.2, 0) is 19.6 Å². The first kappa shape index (κ1) is 17.2. The van der Waals surface area contributed by atoms with Gasteiger partial charge in [0.1, 0.15) is 10.9 Å². The molecule has 1 heterocycles. The van der Waals surface area contributed by atoms with Crippen LogP contribution in [-0.4, -0.2) is 50.1 Å². The topological polar surface area (TPSA) is 83.9 Å². The maximum absolute atomic E-state index is 12.7. The van der Waals surface area contributed by atoms with Gasteiger partial charge in [0.2, 0.25) is 10.0 Å². The fourth-order valence-corrected chi connectivity index (χ4v) is 4.51. The molecule has 0 radical (unpaired) electrons. The van der Waals surface area contributed by atoms with E-state index in [1.165, 1.54) is 19.2 Å². The second-order valence-corrected chi connectivity index (χ2v) is 7.56. The molecule has 1 saturated heterocycles. The van der Waals surface area contributed by atoms with Crippen molar-refractivity contribution in [2.75, 3.05) is 20.3 Å². The van der Waals surface area contributed by atoms with Gasteiger partial charge in [-0.2, -0.15) is 4.31 Å². The molecule has 1 aromatic carbocycles. The van der Waals surface area contributed by atoms with Crippen LogP contribution in [0.3, 0.4) is 0 Å². The number of aliphatic carboxylic acids is 1. The number of nitrogens with zero attached hydrogens (tertiary/aromatic N) is 1. The SMILES string of the molecule is CN(C(C(=O)O)C1CCOCC1)S(=O)(=O)c1ccccc1Cl. The van der Waals surface area contributed by atoms with E-state index in [1.54, 1.807) is 12.1 Å². The van der Waals surface area contributed by atoms with E-state index in [-0.39, 0.29) is 15.8 Å². The molecule has 8 heteroatoms. The number of carboxylic acid groups (broad SMARTS) is 1. The lowest BCUT2D eigenvalue weighted by atomic mass is 9.92. The molecule has 0 aromatic heterocycles. The molecule has 1 aliphatic rings. The second-order valence-electron chi connectivity index (χ2n) is 5.18. The van der Waals surface area contributed by atoms with Crippen molar-refractivity contribution in [2.24, 2.45) is 5.92 Å². The monoisotopic (exact) mass is 347 g/mol. The number of hydrogen-bond donors (Lipinski definition) is 1. The van der Waals surface area contributed by atoms with Crippen molar-refractivity contribution in [2.45, 2.75) is 23.8 Å². The summed E-state index contributed by atoms with van der Waals surface area (Å²) in [6, 6.07) is 4.87. The fourth-order valence-electron chi connectivity index (χ4n) is 2.64. The van der Waals surface area contributed by atoms with Gasteiger partial charge in [0, 0.05) is 20.3 Å². The molecule has 122 valence electrons. The molecular formula is C14H18ClNO5S. The number of sulfonamides is 1. The lowest BCUT2D eigenvalue weighted by Crippen LogP contribution is -2.48. The van der Waals surface area contributed by atoms with Crippen LogP contribution in [0.4, 0.5) is 0 Å². The van der Waals surface area contributed by atoms with Crippen LogP contribution in [0.25, 0.3) is 0 Å². The number of ether oxygens (including phenoxy) is 1. The molecule has 1 fully saturated rings. The number of carboxylic acids is 1. The van der Waals surface area contributed by atoms with Gasteiger partial charge in [-0.05, 0) is 30.9 Å². The van der Waals surface area contributed by atoms with Crippen LogP contribution in [0, 0.1) is 5.92 Å². The standard InChI is InChI=1S/C14H18ClNO5S/c1-16(13(14(17)18)10-6-8-21-9-7-10)22(19,20)12-5-3-2-4-11(12)15/h2-5,10,13H,6-9H2,1H3,(H,17,18). The first-order chi connectivity index (χ1) is 10.4. The van der Waals surface area contributed by atoms with Gasteiger partial charge in [-0.15, -0.1) is 0 Å². The van der Waals surface area contributed by atoms with Crippen LogP contribution >= 0.6 is 11.6 Å². The quantitative estimate of drug-likeness (QED) is 0.878. The summed E-state index contributed by atoms with van der Waals surface area (Å²) in [5.74, 6) is -1.45. The number of halogens is 1. The second kappa shape index (κ2) is 6.95. The minimum atomic E-state index is -3.98. The van der Waals surface area contributed by atoms with Crippen molar-refractivity contribution >= 4 is 27.6 Å². The zero-order chi connectivity index (χ0) is 16.3. The number of carbonyl (C=O) groups is 1. The third-order valence-corrected chi connectivity index (χ3v) is 6.19. The Morgan fingerprint density at radius 2 is 1.95 bits per heavy atom. The van der Waals surface area contributed by atoms with Gasteiger partial charge in [0.15, 0.2) is 0 Å². The van der Waals surface area contributed by atoms with Gasteiger partial charge in [-0.25, -0.2) is 8.42 Å². The average Bonchev–Trinajstić information content (AvgIpc) is 2.48. The Bertz CT molecular complexity index is 642. The number of likely N-dealkylation sites (N-methyl/N-ethyl adjacent to an activating group) is 1. The van der Waals surface area contributed by atoms with Gasteiger partial charge in [-0.1, -0.05) is 23.7 Å². The molecule has 6 nitrogen and oxygen atoms in total. The van der Waals surface area contributed by atoms with Crippen molar-refractivity contribution in [3.63, 3.8) is 0 Å². The van der Waals surface area contributed by atoms with Crippen LogP contribution in [0.2, 0.25) is 5.02 Å². The van der Waals surface area contributed by atoms with Crippen LogP contribution < -0.4 is 0 Å². The first-order valence-corrected chi connectivity index (χ1v) is 8.70. The van der Waals surface area contributed by atoms with Crippen molar-refractivity contribution in [1.29, 1.82) is 0 Å². The average molecular weight is 348 g/mol. The highest BCUT2D eigenvalue weighted by molar-refractivity contribution is 7.89. The largest absolute Gasteiger partial charge is 0.480 e. The van der Waals surface area contributed by atoms with E-state index in [0.717, 1.165) is 4.31 Å². The number of hydrogen-bond acceptors (Lipinski definition) is 4. The Labute approximate surface area is 134 Å². The summed E-state index contributed by atoms with van der Waals surface area (Å²) in [5.41, 5.74) is 0. The lowest BCUT2D eigenvalue weighted by Gasteiger charge is -2.33. The summed E-state index contributed by atoms with van der Waals surface area (Å²) in [7, 11) is -2.70. The molecule has 0 spiro atoms. The van der Waals surface area contributed by atoms with E-state index in [0.29, 0.717) is 26.1 Å². The Balaban J connectivity index is 2.35. The summed E-state index contributed by atoms with van der Waals surface area (Å²) in [6.45, 7) is 0.878. The molecule has 1 unspecified atom stereocenters. The van der Waals surface area contributed by atoms with E-state index >= 15 is 0 Å². The first-order valence-electron chi connectivity index (χ1n) is 6.89. The van der Waals surface area contributed by atoms with Gasteiger partial charge < -0.3 is 9.84 Å². The highest BCUT2D eigenvalue weighted by atomic mass is 35.5. The number of rotatable bonds is 5. The van der Waals surface area contributed by atoms with E-state index in [4.69, 9.17) is 16.3 Å². The van der Waals surface area contributed by atoms with Gasteiger partial charge >= 0.3 is 5.97 Å². The van der Waals surface area contributed by atoms with Gasteiger partial charge in [0.05, 0.1) is 5.02 Å². The van der Waals surface area contributed by atoms with Crippen LogP contribution in [0.5, 0.6) is 0 Å². The molecule has 1 aliphatic heterocycles. The zero-order valence-electron chi connectivity index (χ0n) is 12.1. The fraction of sp³-hybridized carbons (Fsp3) is 0.500. The highest BCUT2D eigenvalue weighted by Gasteiger charge is 2.39. The Hall–Kier alpha value is -1.15. The van der Waals surface area contributed by atoms with Crippen molar-refractivity contribution in [1.82, 2.24) is 4.31 Å². The summed E-state index contributed by atoms with van der Waals surface area (Å²) in [6.07, 6.45) is 1.03. The van der Waals surface area contributed by atoms with Gasteiger partial charge in [-0.3, -0.25) is 4.79 Å². The summed E-state index contributed by atoms with van der Waals surface area (Å²) < 4.78 is 31.5.